The summed E-state index contributed by atoms with van der Waals surface area (Å²) in [5.41, 5.74) is 3.92. The minimum Gasteiger partial charge on any atom is -0.271 e. The highest BCUT2D eigenvalue weighted by atomic mass is 15.2. The van der Waals surface area contributed by atoms with E-state index in [1.807, 2.05) is 6.08 Å². The molecule has 0 spiro atoms. The number of allylic oxidation sites excluding steroid dienone is 3. The van der Waals surface area contributed by atoms with E-state index < -0.39 is 0 Å². The monoisotopic (exact) mass is 164 g/mol. The van der Waals surface area contributed by atoms with Gasteiger partial charge in [-0.3, -0.25) is 11.3 Å². The number of hydrogen-bond acceptors (Lipinski definition) is 2. The Morgan fingerprint density at radius 2 is 2.33 bits per heavy atom. The van der Waals surface area contributed by atoms with Gasteiger partial charge < -0.3 is 0 Å². The van der Waals surface area contributed by atoms with Crippen molar-refractivity contribution in [1.29, 1.82) is 0 Å². The molecule has 0 aliphatic rings. The van der Waals surface area contributed by atoms with E-state index in [4.69, 9.17) is 13.7 Å². The second-order valence-corrected chi connectivity index (χ2v) is 2.53. The molecule has 0 amide bonds. The van der Waals surface area contributed by atoms with Crippen LogP contribution in [0, 0.1) is 0 Å². The molecule has 0 bridgehead atoms. The molecule has 0 fully saturated rings. The van der Waals surface area contributed by atoms with Crippen molar-refractivity contribution in [2.24, 2.45) is 5.84 Å². The van der Waals surface area contributed by atoms with Gasteiger partial charge in [-0.1, -0.05) is 37.0 Å². The number of rotatable bonds is 6. The largest absolute Gasteiger partial charge is 0.271 e. The van der Waals surface area contributed by atoms with Crippen LogP contribution in [-0.4, -0.2) is 14.4 Å². The van der Waals surface area contributed by atoms with Gasteiger partial charge in [0.25, 0.3) is 0 Å². The van der Waals surface area contributed by atoms with Crippen LogP contribution in [0.25, 0.3) is 0 Å². The van der Waals surface area contributed by atoms with E-state index in [2.05, 4.69) is 24.5 Å². The Kier molecular flexibility index (Phi) is 8.18. The Morgan fingerprint density at radius 1 is 1.58 bits per heavy atom. The summed E-state index contributed by atoms with van der Waals surface area (Å²) in [6, 6.07) is 0. The van der Waals surface area contributed by atoms with Crippen LogP contribution < -0.4 is 11.3 Å². The molecular formula is C9H17BN2. The highest BCUT2D eigenvalue weighted by Gasteiger charge is 1.89. The molecule has 0 saturated carbocycles. The zero-order chi connectivity index (χ0) is 9.23. The maximum atomic E-state index is 5.35. The van der Waals surface area contributed by atoms with Gasteiger partial charge in [0.1, 0.15) is 0 Å². The van der Waals surface area contributed by atoms with E-state index in [9.17, 15) is 0 Å². The smallest absolute Gasteiger partial charge is 0.0708 e. The quantitative estimate of drug-likeness (QED) is 0.269. The summed E-state index contributed by atoms with van der Waals surface area (Å²) in [5.74, 6) is 5.18. The Labute approximate surface area is 76.3 Å². The third kappa shape index (κ3) is 6.19. The van der Waals surface area contributed by atoms with Crippen molar-refractivity contribution in [3.63, 3.8) is 0 Å². The summed E-state index contributed by atoms with van der Waals surface area (Å²) in [7, 11) is 5.35. The van der Waals surface area contributed by atoms with Crippen molar-refractivity contribution in [3.8, 4) is 0 Å². The molecule has 0 aromatic rings. The molecule has 0 aliphatic carbocycles. The first-order chi connectivity index (χ1) is 5.85. The first kappa shape index (κ1) is 11.5. The fraction of sp³-hybridized carbons (Fsp3) is 0.556. The van der Waals surface area contributed by atoms with Crippen LogP contribution in [0.15, 0.2) is 23.8 Å². The molecule has 0 unspecified atom stereocenters. The SMILES string of the molecule is [B]C/C=C\C(=C/CC)CCNN. The molecule has 3 heteroatoms. The predicted molar refractivity (Wildman–Crippen MR) is 54.9 cm³/mol. The Morgan fingerprint density at radius 3 is 2.83 bits per heavy atom. The number of hydrogen-bond donors (Lipinski definition) is 2. The highest BCUT2D eigenvalue weighted by Crippen LogP contribution is 2.04. The standard InChI is InChI=1S/C9H17BN2/c1-2-4-9(5-3-7-10)6-8-12-11/h3-5,12H,2,6-8,11H2,1H3/b5-3-,9-4+. The number of nitrogens with two attached hydrogens (primary N) is 1. The Balaban J connectivity index is 3.86. The molecule has 0 aromatic heterocycles. The summed E-state index contributed by atoms with van der Waals surface area (Å²) < 4.78 is 0. The lowest BCUT2D eigenvalue weighted by Gasteiger charge is -2.00. The van der Waals surface area contributed by atoms with Crippen LogP contribution in [0.3, 0.4) is 0 Å². The minimum absolute atomic E-state index is 0.594. The lowest BCUT2D eigenvalue weighted by molar-refractivity contribution is 0.729. The molecular weight excluding hydrogens is 147 g/mol. The molecule has 0 aliphatic heterocycles. The van der Waals surface area contributed by atoms with E-state index in [1.165, 1.54) is 5.57 Å². The van der Waals surface area contributed by atoms with Crippen molar-refractivity contribution < 1.29 is 0 Å². The van der Waals surface area contributed by atoms with Gasteiger partial charge in [-0.25, -0.2) is 0 Å². The maximum absolute atomic E-state index is 5.35. The topological polar surface area (TPSA) is 38.0 Å². The highest BCUT2D eigenvalue weighted by molar-refractivity contribution is 6.09. The number of hydrazine groups is 1. The van der Waals surface area contributed by atoms with E-state index >= 15 is 0 Å². The summed E-state index contributed by atoms with van der Waals surface area (Å²) >= 11 is 0. The molecule has 0 heterocycles. The Bertz CT molecular complexity index is 153. The van der Waals surface area contributed by atoms with E-state index in [-0.39, 0.29) is 0 Å². The average molecular weight is 164 g/mol. The van der Waals surface area contributed by atoms with E-state index in [1.54, 1.807) is 0 Å². The minimum atomic E-state index is 0.594. The summed E-state index contributed by atoms with van der Waals surface area (Å²) in [6.07, 6.45) is 8.80. The third-order valence-corrected chi connectivity index (χ3v) is 1.49. The summed E-state index contributed by atoms with van der Waals surface area (Å²) in [6.45, 7) is 2.92. The summed E-state index contributed by atoms with van der Waals surface area (Å²) in [5, 5.41) is 0. The van der Waals surface area contributed by atoms with Crippen molar-refractivity contribution in [2.45, 2.75) is 26.1 Å². The molecule has 3 N–H and O–H groups in total. The number of nitrogens with one attached hydrogen (secondary N) is 1. The third-order valence-electron chi connectivity index (χ3n) is 1.49. The average Bonchev–Trinajstić information content (AvgIpc) is 2.10. The first-order valence-corrected chi connectivity index (χ1v) is 4.34. The lowest BCUT2D eigenvalue weighted by Crippen LogP contribution is -2.23. The molecule has 0 aromatic carbocycles. The zero-order valence-electron chi connectivity index (χ0n) is 7.72. The van der Waals surface area contributed by atoms with Crippen LogP contribution in [0.1, 0.15) is 19.8 Å². The van der Waals surface area contributed by atoms with Crippen LogP contribution >= 0.6 is 0 Å². The van der Waals surface area contributed by atoms with Gasteiger partial charge in [0.15, 0.2) is 0 Å². The lowest BCUT2D eigenvalue weighted by atomic mass is 10.0. The van der Waals surface area contributed by atoms with Crippen molar-refractivity contribution in [2.75, 3.05) is 6.54 Å². The molecule has 0 rings (SSSR count). The van der Waals surface area contributed by atoms with Gasteiger partial charge in [0, 0.05) is 6.54 Å². The van der Waals surface area contributed by atoms with Gasteiger partial charge in [-0.2, -0.15) is 0 Å². The second-order valence-electron chi connectivity index (χ2n) is 2.53. The Hall–Kier alpha value is -0.535. The van der Waals surface area contributed by atoms with Crippen molar-refractivity contribution in [3.05, 3.63) is 23.8 Å². The summed E-state index contributed by atoms with van der Waals surface area (Å²) in [4.78, 5) is 0. The maximum Gasteiger partial charge on any atom is 0.0708 e. The second kappa shape index (κ2) is 8.56. The molecule has 66 valence electrons. The van der Waals surface area contributed by atoms with E-state index in [0.717, 1.165) is 19.4 Å². The normalized spacial score (nSPS) is 12.7. The molecule has 12 heavy (non-hydrogen) atoms. The predicted octanol–water partition coefficient (Wildman–Crippen LogP) is 1.32. The molecule has 0 atom stereocenters. The zero-order valence-corrected chi connectivity index (χ0v) is 7.72. The van der Waals surface area contributed by atoms with E-state index in [0.29, 0.717) is 6.32 Å². The van der Waals surface area contributed by atoms with Crippen LogP contribution in [0.5, 0.6) is 0 Å². The fourth-order valence-corrected chi connectivity index (χ4v) is 0.952. The van der Waals surface area contributed by atoms with Crippen LogP contribution in [0.4, 0.5) is 0 Å². The van der Waals surface area contributed by atoms with Crippen LogP contribution in [-0.2, 0) is 0 Å². The van der Waals surface area contributed by atoms with Gasteiger partial charge in [0.05, 0.1) is 7.85 Å². The van der Waals surface area contributed by atoms with Gasteiger partial charge in [-0.15, -0.1) is 0 Å². The molecule has 2 radical (unpaired) electrons. The van der Waals surface area contributed by atoms with Crippen molar-refractivity contribution in [1.82, 2.24) is 5.43 Å². The van der Waals surface area contributed by atoms with Gasteiger partial charge >= 0.3 is 0 Å². The van der Waals surface area contributed by atoms with Crippen LogP contribution in [0.2, 0.25) is 6.32 Å². The van der Waals surface area contributed by atoms with Gasteiger partial charge in [0.2, 0.25) is 0 Å². The first-order valence-electron chi connectivity index (χ1n) is 4.34. The fourth-order valence-electron chi connectivity index (χ4n) is 0.952. The molecule has 2 nitrogen and oxygen atoms in total. The molecule has 0 saturated heterocycles. The van der Waals surface area contributed by atoms with Crippen molar-refractivity contribution >= 4 is 7.85 Å². The van der Waals surface area contributed by atoms with Gasteiger partial charge in [-0.05, 0) is 12.8 Å².